The number of nitrogens with zero attached hydrogens (tertiary/aromatic N) is 3. The van der Waals surface area contributed by atoms with Crippen LogP contribution in [0.1, 0.15) is 128 Å². The minimum atomic E-state index is -4.96. The second kappa shape index (κ2) is 23.2. The molecule has 2 aromatic heterocycles. The summed E-state index contributed by atoms with van der Waals surface area (Å²) in [4.78, 5) is 14.4. The Balaban J connectivity index is 1.22. The molecule has 18 heteroatoms. The van der Waals surface area contributed by atoms with Crippen LogP contribution in [0.2, 0.25) is 0 Å². The van der Waals surface area contributed by atoms with Crippen molar-refractivity contribution in [1.29, 1.82) is 0 Å². The topological polar surface area (TPSA) is 180 Å². The highest BCUT2D eigenvalue weighted by molar-refractivity contribution is 7.47. The van der Waals surface area contributed by atoms with Crippen LogP contribution in [0.3, 0.4) is 0 Å². The lowest BCUT2D eigenvalue weighted by atomic mass is 9.93. The van der Waals surface area contributed by atoms with Gasteiger partial charge in [0.05, 0.1) is 25.5 Å². The number of aliphatic hydroxyl groups excluding tert-OH is 2. The third-order valence-electron chi connectivity index (χ3n) is 10.5. The molecule has 328 valence electrons. The largest absolute Gasteiger partial charge is 0.485 e. The third-order valence-corrected chi connectivity index (χ3v) is 11.4. The predicted molar refractivity (Wildman–Crippen MR) is 210 cm³/mol. The van der Waals surface area contributed by atoms with E-state index in [0.717, 1.165) is 37.8 Å². The fourth-order valence-corrected chi connectivity index (χ4v) is 7.89. The van der Waals surface area contributed by atoms with E-state index in [2.05, 4.69) is 17.0 Å². The fraction of sp³-hybridized carbons (Fsp3) is 0.700. The number of aromatic nitrogens is 3. The van der Waals surface area contributed by atoms with E-state index in [4.69, 9.17) is 29.0 Å². The van der Waals surface area contributed by atoms with Crippen LogP contribution in [0, 0.1) is 5.82 Å². The van der Waals surface area contributed by atoms with Gasteiger partial charge in [-0.05, 0) is 43.7 Å². The number of halogens is 4. The number of anilines is 1. The minimum absolute atomic E-state index is 0.165. The van der Waals surface area contributed by atoms with Crippen molar-refractivity contribution >= 4 is 19.2 Å². The lowest BCUT2D eigenvalue weighted by Gasteiger charge is -2.27. The molecular weight excluding hydrogens is 787 g/mol. The molecule has 1 aliphatic heterocycles. The first-order valence-electron chi connectivity index (χ1n) is 20.5. The van der Waals surface area contributed by atoms with Crippen LogP contribution in [-0.2, 0) is 34.9 Å². The minimum Gasteiger partial charge on any atom is -0.485 e. The molecule has 0 aliphatic carbocycles. The van der Waals surface area contributed by atoms with Crippen molar-refractivity contribution in [3.63, 3.8) is 0 Å². The maximum atomic E-state index is 13.8. The number of benzene rings is 1. The Kier molecular flexibility index (Phi) is 19.1. The first-order chi connectivity index (χ1) is 27.7. The lowest BCUT2D eigenvalue weighted by Crippen LogP contribution is -2.39. The van der Waals surface area contributed by atoms with Crippen LogP contribution in [0.5, 0.6) is 5.75 Å². The number of rotatable bonds is 28. The summed E-state index contributed by atoms with van der Waals surface area (Å²) in [6.07, 6.45) is 9.67. The van der Waals surface area contributed by atoms with Crippen molar-refractivity contribution in [3.8, 4) is 5.75 Å². The summed E-state index contributed by atoms with van der Waals surface area (Å²) in [5.74, 6) is -1.68. The van der Waals surface area contributed by atoms with Gasteiger partial charge in [0.1, 0.15) is 59.0 Å². The smallest absolute Gasteiger partial charge is 0.472 e. The number of hydrogen-bond donors (Lipinski definition) is 4. The summed E-state index contributed by atoms with van der Waals surface area (Å²) in [5.41, 5.74) is 3.71. The normalized spacial score (nSPS) is 21.4. The SMILES string of the molecule is CCCCCCCCCCCCCCCCCCOC[C@H](COP(=O)(O)OC[C@H]1O[C@@](C)(c2ccc3c(N)ncnn23)[C@H](O)[C@@H]1O)Oc1ccc(F)cc1C(F)(F)F. The molecule has 4 rings (SSSR count). The van der Waals surface area contributed by atoms with Crippen LogP contribution < -0.4 is 10.5 Å². The predicted octanol–water partition coefficient (Wildman–Crippen LogP) is 8.66. The van der Waals surface area contributed by atoms with Crippen molar-refractivity contribution in [3.05, 3.63) is 53.7 Å². The van der Waals surface area contributed by atoms with Crippen LogP contribution in [0.4, 0.5) is 23.4 Å². The number of aliphatic hydroxyl groups is 2. The number of nitrogens with two attached hydrogens (primary N) is 1. The number of hydrogen-bond acceptors (Lipinski definition) is 11. The zero-order chi connectivity index (χ0) is 42.2. The molecule has 58 heavy (non-hydrogen) atoms. The van der Waals surface area contributed by atoms with Gasteiger partial charge in [-0.25, -0.2) is 18.5 Å². The van der Waals surface area contributed by atoms with Gasteiger partial charge in [0.15, 0.2) is 5.82 Å². The molecule has 1 aromatic carbocycles. The molecule has 3 heterocycles. The van der Waals surface area contributed by atoms with Gasteiger partial charge in [0.25, 0.3) is 0 Å². The van der Waals surface area contributed by atoms with E-state index in [-0.39, 0.29) is 19.0 Å². The Morgan fingerprint density at radius 3 is 2.12 bits per heavy atom. The number of phosphoric acid groups is 1. The van der Waals surface area contributed by atoms with Gasteiger partial charge in [-0.15, -0.1) is 0 Å². The van der Waals surface area contributed by atoms with Crippen molar-refractivity contribution in [2.45, 2.75) is 153 Å². The van der Waals surface area contributed by atoms with E-state index in [0.29, 0.717) is 23.7 Å². The molecule has 0 radical (unpaired) electrons. The standard InChI is InChI=1S/C40H61F4N4O9P/c1-3-4-5-6-7-8-9-10-11-12-13-14-15-16-17-18-23-53-25-30(56-33-21-19-29(41)24-31(33)40(42,43)44)26-54-58(51,52)55-27-34-36(49)37(50)39(2,57-34)35-22-20-32-38(45)46-28-47-48(32)35/h19-22,24,28,30,34,36-37,49-50H,3-18,23,25-27H2,1-2H3,(H,51,52)(H2,45,46,47)/t30-,34-,36-,37-,39+/m1/s1. The average molecular weight is 849 g/mol. The Morgan fingerprint density at radius 1 is 0.914 bits per heavy atom. The van der Waals surface area contributed by atoms with E-state index in [1.54, 1.807) is 12.1 Å². The van der Waals surface area contributed by atoms with Gasteiger partial charge in [0, 0.05) is 6.61 Å². The molecule has 0 amide bonds. The lowest BCUT2D eigenvalue weighted by molar-refractivity contribution is -0.140. The molecule has 13 nitrogen and oxygen atoms in total. The zero-order valence-electron chi connectivity index (χ0n) is 33.6. The van der Waals surface area contributed by atoms with E-state index >= 15 is 0 Å². The van der Waals surface area contributed by atoms with E-state index < -0.39 is 74.4 Å². The quantitative estimate of drug-likeness (QED) is 0.0311. The maximum absolute atomic E-state index is 13.8. The van der Waals surface area contributed by atoms with Gasteiger partial charge in [-0.2, -0.15) is 18.3 Å². The van der Waals surface area contributed by atoms with E-state index in [1.807, 2.05) is 0 Å². The molecule has 0 saturated carbocycles. The second-order valence-electron chi connectivity index (χ2n) is 15.2. The van der Waals surface area contributed by atoms with Crippen LogP contribution in [0.15, 0.2) is 36.7 Å². The van der Waals surface area contributed by atoms with Crippen molar-refractivity contribution in [1.82, 2.24) is 14.6 Å². The molecule has 6 atom stereocenters. The van der Waals surface area contributed by atoms with Gasteiger partial charge in [-0.1, -0.05) is 103 Å². The molecule has 0 bridgehead atoms. The Morgan fingerprint density at radius 2 is 1.52 bits per heavy atom. The molecule has 1 saturated heterocycles. The van der Waals surface area contributed by atoms with Crippen LogP contribution in [0.25, 0.3) is 5.52 Å². The van der Waals surface area contributed by atoms with Crippen molar-refractivity contribution in [2.75, 3.05) is 32.2 Å². The summed E-state index contributed by atoms with van der Waals surface area (Å²) < 4.78 is 96.8. The first kappa shape index (κ1) is 47.8. The highest BCUT2D eigenvalue weighted by atomic mass is 31.2. The Hall–Kier alpha value is -2.89. The molecule has 1 aliphatic rings. The third kappa shape index (κ3) is 14.4. The monoisotopic (exact) mass is 848 g/mol. The number of fused-ring (bicyclic) bond motifs is 1. The number of phosphoric ester groups is 1. The molecule has 3 aromatic rings. The summed E-state index contributed by atoms with van der Waals surface area (Å²) in [7, 11) is -4.96. The summed E-state index contributed by atoms with van der Waals surface area (Å²) in [6, 6.07) is 5.08. The number of unbranched alkanes of at least 4 members (excludes halogenated alkanes) is 15. The summed E-state index contributed by atoms with van der Waals surface area (Å²) >= 11 is 0. The number of ether oxygens (including phenoxy) is 3. The van der Waals surface area contributed by atoms with E-state index in [1.165, 1.54) is 88.4 Å². The number of alkyl halides is 3. The highest BCUT2D eigenvalue weighted by Crippen LogP contribution is 2.46. The Labute approximate surface area is 338 Å². The van der Waals surface area contributed by atoms with Crippen molar-refractivity contribution in [2.24, 2.45) is 0 Å². The fourth-order valence-electron chi connectivity index (χ4n) is 7.13. The molecule has 1 fully saturated rings. The van der Waals surface area contributed by atoms with Crippen LogP contribution >= 0.6 is 7.82 Å². The van der Waals surface area contributed by atoms with E-state index in [9.17, 15) is 37.2 Å². The summed E-state index contributed by atoms with van der Waals surface area (Å²) in [6.45, 7) is 2.18. The highest BCUT2D eigenvalue weighted by Gasteiger charge is 2.54. The zero-order valence-corrected chi connectivity index (χ0v) is 34.5. The van der Waals surface area contributed by atoms with Gasteiger partial charge in [-0.3, -0.25) is 9.05 Å². The second-order valence-corrected chi connectivity index (χ2v) is 16.6. The van der Waals surface area contributed by atoms with Gasteiger partial charge in [0.2, 0.25) is 0 Å². The number of nitrogen functional groups attached to an aromatic ring is 1. The molecule has 0 spiro atoms. The Bertz CT molecular complexity index is 1720. The van der Waals surface area contributed by atoms with Crippen molar-refractivity contribution < 1.29 is 60.5 Å². The molecule has 5 N–H and O–H groups in total. The van der Waals surface area contributed by atoms with Crippen LogP contribution in [-0.4, -0.2) is 80.5 Å². The van der Waals surface area contributed by atoms with Gasteiger partial charge >= 0.3 is 14.0 Å². The maximum Gasteiger partial charge on any atom is 0.472 e. The first-order valence-corrected chi connectivity index (χ1v) is 22.0. The molecular formula is C40H61F4N4O9P. The summed E-state index contributed by atoms with van der Waals surface area (Å²) in [5, 5.41) is 25.9. The molecule has 1 unspecified atom stereocenters. The van der Waals surface area contributed by atoms with Gasteiger partial charge < -0.3 is 35.1 Å². The average Bonchev–Trinajstić information content (AvgIpc) is 3.72.